The van der Waals surface area contributed by atoms with Crippen molar-refractivity contribution in [1.82, 2.24) is 10.2 Å². The van der Waals surface area contributed by atoms with Crippen LogP contribution in [0.1, 0.15) is 37.8 Å². The second-order valence-corrected chi connectivity index (χ2v) is 6.03. The fourth-order valence-electron chi connectivity index (χ4n) is 1.67. The van der Waals surface area contributed by atoms with Gasteiger partial charge in [-0.3, -0.25) is 0 Å². The average Bonchev–Trinajstić information content (AvgIpc) is 2.93. The summed E-state index contributed by atoms with van der Waals surface area (Å²) in [5.41, 5.74) is 7.11. The summed E-state index contributed by atoms with van der Waals surface area (Å²) in [5.74, 6) is 1.51. The zero-order valence-electron chi connectivity index (χ0n) is 11.5. The van der Waals surface area contributed by atoms with Gasteiger partial charge in [0.15, 0.2) is 0 Å². The Bertz CT molecular complexity index is 561. The fraction of sp³-hybridized carbons (Fsp3) is 0.429. The van der Waals surface area contributed by atoms with Crippen molar-refractivity contribution in [3.05, 3.63) is 40.7 Å². The van der Waals surface area contributed by atoms with Crippen LogP contribution in [0.4, 0.5) is 0 Å². The van der Waals surface area contributed by atoms with E-state index in [0.717, 1.165) is 17.0 Å². The second-order valence-electron chi connectivity index (χ2n) is 4.70. The number of thioether (sulfide) groups is 1. The van der Waals surface area contributed by atoms with Crippen molar-refractivity contribution in [2.75, 3.05) is 0 Å². The van der Waals surface area contributed by atoms with Crippen molar-refractivity contribution in [2.45, 2.75) is 37.3 Å². The van der Waals surface area contributed by atoms with Crippen molar-refractivity contribution in [2.24, 2.45) is 11.7 Å². The van der Waals surface area contributed by atoms with Gasteiger partial charge in [0.1, 0.15) is 0 Å². The first-order valence-electron chi connectivity index (χ1n) is 6.57. The van der Waals surface area contributed by atoms with E-state index in [0.29, 0.717) is 22.8 Å². The van der Waals surface area contributed by atoms with Gasteiger partial charge in [-0.25, -0.2) is 0 Å². The summed E-state index contributed by atoms with van der Waals surface area (Å²) >= 11 is 7.57. The summed E-state index contributed by atoms with van der Waals surface area (Å²) in [6, 6.07) is 7.52. The third-order valence-corrected chi connectivity index (χ3v) is 4.51. The van der Waals surface area contributed by atoms with Gasteiger partial charge in [-0.05, 0) is 17.5 Å². The number of rotatable bonds is 6. The molecule has 108 valence electrons. The molecule has 2 atom stereocenters. The fourth-order valence-corrected chi connectivity index (χ4v) is 2.72. The van der Waals surface area contributed by atoms with Gasteiger partial charge in [-0.15, -0.1) is 10.2 Å². The molecular formula is C14H18ClN3OS. The van der Waals surface area contributed by atoms with E-state index in [1.807, 2.05) is 24.3 Å². The van der Waals surface area contributed by atoms with Crippen LogP contribution in [0.25, 0.3) is 0 Å². The zero-order chi connectivity index (χ0) is 14.5. The maximum absolute atomic E-state index is 6.11. The maximum Gasteiger partial charge on any atom is 0.276 e. The van der Waals surface area contributed by atoms with Crippen LogP contribution in [0.5, 0.6) is 0 Å². The van der Waals surface area contributed by atoms with E-state index in [4.69, 9.17) is 21.8 Å². The summed E-state index contributed by atoms with van der Waals surface area (Å²) in [7, 11) is 0. The first kappa shape index (κ1) is 15.4. The topological polar surface area (TPSA) is 64.9 Å². The van der Waals surface area contributed by atoms with Gasteiger partial charge in [0.25, 0.3) is 5.22 Å². The Labute approximate surface area is 128 Å². The van der Waals surface area contributed by atoms with Crippen LogP contribution >= 0.6 is 23.4 Å². The second kappa shape index (κ2) is 7.11. The summed E-state index contributed by atoms with van der Waals surface area (Å²) in [5, 5.41) is 9.32. The number of hydrogen-bond donors (Lipinski definition) is 1. The Hall–Kier alpha value is -1.04. The van der Waals surface area contributed by atoms with Crippen molar-refractivity contribution >= 4 is 23.4 Å². The van der Waals surface area contributed by atoms with Gasteiger partial charge in [0, 0.05) is 10.8 Å². The van der Waals surface area contributed by atoms with E-state index in [1.165, 1.54) is 11.8 Å². The summed E-state index contributed by atoms with van der Waals surface area (Å²) in [6.45, 7) is 4.17. The predicted molar refractivity (Wildman–Crippen MR) is 81.7 cm³/mol. The van der Waals surface area contributed by atoms with E-state index >= 15 is 0 Å². The van der Waals surface area contributed by atoms with E-state index in [2.05, 4.69) is 24.0 Å². The Kier molecular flexibility index (Phi) is 5.46. The van der Waals surface area contributed by atoms with Gasteiger partial charge in [-0.1, -0.05) is 61.8 Å². The molecule has 1 heterocycles. The van der Waals surface area contributed by atoms with Crippen LogP contribution in [0.2, 0.25) is 5.02 Å². The molecule has 6 heteroatoms. The highest BCUT2D eigenvalue weighted by Gasteiger charge is 2.19. The number of aromatic nitrogens is 2. The maximum atomic E-state index is 6.11. The number of nitrogens with zero attached hydrogens (tertiary/aromatic N) is 2. The Balaban J connectivity index is 1.98. The number of benzene rings is 1. The quantitative estimate of drug-likeness (QED) is 0.815. The van der Waals surface area contributed by atoms with Crippen LogP contribution in [-0.4, -0.2) is 10.2 Å². The highest BCUT2D eigenvalue weighted by molar-refractivity contribution is 7.98. The molecular weight excluding hydrogens is 294 g/mol. The molecule has 0 radical (unpaired) electrons. The van der Waals surface area contributed by atoms with Crippen molar-refractivity contribution in [3.63, 3.8) is 0 Å². The summed E-state index contributed by atoms with van der Waals surface area (Å²) in [6.07, 6.45) is 0.978. The number of hydrogen-bond acceptors (Lipinski definition) is 5. The molecule has 0 spiro atoms. The standard InChI is InChI=1S/C14H18ClN3OS/c1-3-9(2)12(16)13-17-18-14(19-13)20-8-10-6-4-5-7-11(10)15/h4-7,9,12H,3,8,16H2,1-2H3. The molecule has 0 amide bonds. The molecule has 2 unspecified atom stereocenters. The average molecular weight is 312 g/mol. The third kappa shape index (κ3) is 3.75. The highest BCUT2D eigenvalue weighted by Crippen LogP contribution is 2.28. The van der Waals surface area contributed by atoms with Crippen LogP contribution in [0, 0.1) is 5.92 Å². The zero-order valence-corrected chi connectivity index (χ0v) is 13.1. The minimum absolute atomic E-state index is 0.206. The van der Waals surface area contributed by atoms with Crippen molar-refractivity contribution in [1.29, 1.82) is 0 Å². The molecule has 2 aromatic rings. The molecule has 0 fully saturated rings. The Morgan fingerprint density at radius 1 is 1.35 bits per heavy atom. The molecule has 0 aliphatic carbocycles. The van der Waals surface area contributed by atoms with Gasteiger partial charge in [-0.2, -0.15) is 0 Å². The first-order chi connectivity index (χ1) is 9.61. The normalized spacial score (nSPS) is 14.2. The van der Waals surface area contributed by atoms with E-state index in [-0.39, 0.29) is 6.04 Å². The van der Waals surface area contributed by atoms with Crippen LogP contribution < -0.4 is 5.73 Å². The number of halogens is 1. The SMILES string of the molecule is CCC(C)C(N)c1nnc(SCc2ccccc2Cl)o1. The lowest BCUT2D eigenvalue weighted by molar-refractivity contribution is 0.333. The van der Waals surface area contributed by atoms with Gasteiger partial charge < -0.3 is 10.2 Å². The van der Waals surface area contributed by atoms with Gasteiger partial charge in [0.2, 0.25) is 5.89 Å². The van der Waals surface area contributed by atoms with E-state index < -0.39 is 0 Å². The largest absolute Gasteiger partial charge is 0.414 e. The van der Waals surface area contributed by atoms with E-state index in [9.17, 15) is 0 Å². The Morgan fingerprint density at radius 3 is 2.80 bits per heavy atom. The minimum Gasteiger partial charge on any atom is -0.414 e. The lowest BCUT2D eigenvalue weighted by Gasteiger charge is -2.13. The monoisotopic (exact) mass is 311 g/mol. The molecule has 0 bridgehead atoms. The molecule has 1 aromatic heterocycles. The molecule has 0 saturated carbocycles. The van der Waals surface area contributed by atoms with Crippen molar-refractivity contribution in [3.8, 4) is 0 Å². The summed E-state index contributed by atoms with van der Waals surface area (Å²) < 4.78 is 5.60. The molecule has 20 heavy (non-hydrogen) atoms. The Morgan fingerprint density at radius 2 is 2.10 bits per heavy atom. The highest BCUT2D eigenvalue weighted by atomic mass is 35.5. The van der Waals surface area contributed by atoms with Crippen molar-refractivity contribution < 1.29 is 4.42 Å². The molecule has 0 aliphatic rings. The predicted octanol–water partition coefficient (Wildman–Crippen LogP) is 4.06. The number of nitrogens with two attached hydrogens (primary N) is 1. The lowest BCUT2D eigenvalue weighted by atomic mass is 10.0. The van der Waals surface area contributed by atoms with Gasteiger partial charge in [0.05, 0.1) is 6.04 Å². The molecule has 0 aliphatic heterocycles. The molecule has 2 N–H and O–H groups in total. The van der Waals surface area contributed by atoms with Crippen LogP contribution in [-0.2, 0) is 5.75 Å². The summed E-state index contributed by atoms with van der Waals surface area (Å²) in [4.78, 5) is 0. The van der Waals surface area contributed by atoms with E-state index in [1.54, 1.807) is 0 Å². The first-order valence-corrected chi connectivity index (χ1v) is 7.93. The van der Waals surface area contributed by atoms with Crippen LogP contribution in [0.15, 0.2) is 33.9 Å². The third-order valence-electron chi connectivity index (χ3n) is 3.27. The van der Waals surface area contributed by atoms with Gasteiger partial charge >= 0.3 is 0 Å². The molecule has 0 saturated heterocycles. The minimum atomic E-state index is -0.206. The smallest absolute Gasteiger partial charge is 0.276 e. The lowest BCUT2D eigenvalue weighted by Crippen LogP contribution is -2.18. The molecule has 1 aromatic carbocycles. The molecule has 4 nitrogen and oxygen atoms in total. The molecule has 2 rings (SSSR count). The van der Waals surface area contributed by atoms with Crippen LogP contribution in [0.3, 0.4) is 0 Å².